The van der Waals surface area contributed by atoms with E-state index in [9.17, 15) is 9.59 Å². The monoisotopic (exact) mass is 385 g/mol. The van der Waals surface area contributed by atoms with Crippen molar-refractivity contribution in [3.63, 3.8) is 0 Å². The van der Waals surface area contributed by atoms with Crippen molar-refractivity contribution in [3.8, 4) is 0 Å². The smallest absolute Gasteiger partial charge is 0.342 e. The first-order chi connectivity index (χ1) is 13.4. The highest BCUT2D eigenvalue weighted by Crippen LogP contribution is 2.29. The van der Waals surface area contributed by atoms with Crippen LogP contribution >= 0.6 is 0 Å². The average Bonchev–Trinajstić information content (AvgIpc) is 3.21. The van der Waals surface area contributed by atoms with E-state index in [0.717, 1.165) is 5.76 Å². The fourth-order valence-corrected chi connectivity index (χ4v) is 2.57. The molecule has 28 heavy (non-hydrogen) atoms. The summed E-state index contributed by atoms with van der Waals surface area (Å²) in [6.07, 6.45) is 2.73. The molecule has 0 aliphatic heterocycles. The molecule has 0 saturated heterocycles. The van der Waals surface area contributed by atoms with Gasteiger partial charge in [-0.2, -0.15) is 4.98 Å². The van der Waals surface area contributed by atoms with Crippen molar-refractivity contribution in [1.82, 2.24) is 9.97 Å². The number of fused-ring (bicyclic) bond motifs is 1. The Morgan fingerprint density at radius 2 is 1.96 bits per heavy atom. The zero-order valence-corrected chi connectivity index (χ0v) is 15.6. The molecule has 0 bridgehead atoms. The van der Waals surface area contributed by atoms with Crippen LogP contribution in [0, 0.1) is 13.8 Å². The fourth-order valence-electron chi connectivity index (χ4n) is 2.57. The third-order valence-electron chi connectivity index (χ3n) is 3.77. The molecule has 2 N–H and O–H groups in total. The number of carbonyl (C=O) groups excluding carboxylic acids is 2. The zero-order valence-electron chi connectivity index (χ0n) is 15.6. The first-order valence-electron chi connectivity index (χ1n) is 8.53. The molecule has 3 rings (SSSR count). The van der Waals surface area contributed by atoms with E-state index >= 15 is 0 Å². The number of nitrogens with two attached hydrogens (primary N) is 1. The Labute approximate surface area is 160 Å². The number of nitrogen functional groups attached to an aromatic ring is 1. The molecule has 0 amide bonds. The lowest BCUT2D eigenvalue weighted by molar-refractivity contribution is -0.139. The van der Waals surface area contributed by atoms with Crippen molar-refractivity contribution in [2.45, 2.75) is 27.4 Å². The highest BCUT2D eigenvalue weighted by Gasteiger charge is 2.24. The number of aryl methyl sites for hydroxylation is 2. The Kier molecular flexibility index (Phi) is 5.44. The van der Waals surface area contributed by atoms with Gasteiger partial charge >= 0.3 is 11.9 Å². The van der Waals surface area contributed by atoms with E-state index < -0.39 is 11.9 Å². The molecule has 0 fully saturated rings. The highest BCUT2D eigenvalue weighted by atomic mass is 16.5. The molecule has 3 aromatic rings. The molecule has 0 aliphatic rings. The summed E-state index contributed by atoms with van der Waals surface area (Å²) in [5, 5.41) is 0.277. The Hall–Kier alpha value is -3.62. The Balaban J connectivity index is 1.74. The van der Waals surface area contributed by atoms with Crippen LogP contribution in [0.25, 0.3) is 17.2 Å². The standard InChI is InChI=1S/C19H19N3O6/c1-4-25-19(24)15-11(3)28-18-16(15)17(20)21-13(22-18)9-26-14(23)8-7-12-6-5-10(2)27-12/h5-8H,4,9H2,1-3H3,(H2,20,21,22)/b8-7+. The van der Waals surface area contributed by atoms with Gasteiger partial charge < -0.3 is 24.0 Å². The van der Waals surface area contributed by atoms with Gasteiger partial charge in [0.25, 0.3) is 0 Å². The molecular weight excluding hydrogens is 366 g/mol. The maximum Gasteiger partial charge on any atom is 0.342 e. The molecule has 0 unspecified atom stereocenters. The number of esters is 2. The fraction of sp³-hybridized carbons (Fsp3) is 0.263. The molecule has 9 heteroatoms. The molecule has 3 aromatic heterocycles. The third kappa shape index (κ3) is 4.03. The topological polar surface area (TPSA) is 131 Å². The third-order valence-corrected chi connectivity index (χ3v) is 3.77. The SMILES string of the molecule is CCOC(=O)c1c(C)oc2nc(COC(=O)/C=C/c3ccc(C)o3)nc(N)c12. The minimum absolute atomic E-state index is 0.0394. The summed E-state index contributed by atoms with van der Waals surface area (Å²) in [4.78, 5) is 32.2. The molecule has 3 heterocycles. The maximum atomic E-state index is 12.1. The molecule has 0 atom stereocenters. The van der Waals surface area contributed by atoms with Crippen LogP contribution in [0.4, 0.5) is 5.82 Å². The first-order valence-corrected chi connectivity index (χ1v) is 8.53. The minimum Gasteiger partial charge on any atom is -0.462 e. The highest BCUT2D eigenvalue weighted by molar-refractivity contribution is 6.07. The largest absolute Gasteiger partial charge is 0.462 e. The van der Waals surface area contributed by atoms with Gasteiger partial charge in [0.1, 0.15) is 28.7 Å². The number of rotatable bonds is 6. The van der Waals surface area contributed by atoms with E-state index in [0.29, 0.717) is 11.5 Å². The number of ether oxygens (including phenoxy) is 2. The molecule has 0 radical (unpaired) electrons. The van der Waals surface area contributed by atoms with E-state index in [1.807, 2.05) is 0 Å². The summed E-state index contributed by atoms with van der Waals surface area (Å²) in [7, 11) is 0. The quantitative estimate of drug-likeness (QED) is 0.502. The second-order valence-corrected chi connectivity index (χ2v) is 5.85. The molecule has 0 saturated carbocycles. The van der Waals surface area contributed by atoms with Crippen LogP contribution in [-0.2, 0) is 20.9 Å². The molecular formula is C19H19N3O6. The second-order valence-electron chi connectivity index (χ2n) is 5.85. The summed E-state index contributed by atoms with van der Waals surface area (Å²) < 4.78 is 20.9. The lowest BCUT2D eigenvalue weighted by Crippen LogP contribution is -2.09. The normalized spacial score (nSPS) is 11.2. The number of hydrogen-bond acceptors (Lipinski definition) is 9. The van der Waals surface area contributed by atoms with Crippen LogP contribution in [0.2, 0.25) is 0 Å². The van der Waals surface area contributed by atoms with Crippen molar-refractivity contribution in [1.29, 1.82) is 0 Å². The minimum atomic E-state index is -0.598. The van der Waals surface area contributed by atoms with Crippen molar-refractivity contribution >= 4 is 34.9 Å². The Morgan fingerprint density at radius 1 is 1.18 bits per heavy atom. The number of anilines is 1. The van der Waals surface area contributed by atoms with Gasteiger partial charge in [-0.25, -0.2) is 14.6 Å². The van der Waals surface area contributed by atoms with Gasteiger partial charge in [0.2, 0.25) is 5.71 Å². The Bertz CT molecular complexity index is 1060. The molecule has 0 aromatic carbocycles. The van der Waals surface area contributed by atoms with E-state index in [2.05, 4.69) is 9.97 Å². The van der Waals surface area contributed by atoms with Gasteiger partial charge in [-0.05, 0) is 39.0 Å². The Morgan fingerprint density at radius 3 is 2.64 bits per heavy atom. The first kappa shape index (κ1) is 19.2. The molecule has 0 spiro atoms. The summed E-state index contributed by atoms with van der Waals surface area (Å²) >= 11 is 0. The summed E-state index contributed by atoms with van der Waals surface area (Å²) in [6.45, 7) is 5.11. The predicted molar refractivity (Wildman–Crippen MR) is 99.2 cm³/mol. The molecule has 0 aliphatic carbocycles. The van der Waals surface area contributed by atoms with E-state index in [4.69, 9.17) is 24.0 Å². The summed E-state index contributed by atoms with van der Waals surface area (Å²) in [6, 6.07) is 3.52. The van der Waals surface area contributed by atoms with Gasteiger partial charge in [-0.15, -0.1) is 0 Å². The number of aromatic nitrogens is 2. The van der Waals surface area contributed by atoms with Crippen molar-refractivity contribution in [3.05, 3.63) is 46.9 Å². The number of hydrogen-bond donors (Lipinski definition) is 1. The van der Waals surface area contributed by atoms with E-state index in [1.165, 1.54) is 12.2 Å². The van der Waals surface area contributed by atoms with E-state index in [-0.39, 0.29) is 41.5 Å². The van der Waals surface area contributed by atoms with E-state index in [1.54, 1.807) is 32.9 Å². The molecule has 9 nitrogen and oxygen atoms in total. The number of nitrogens with zero attached hydrogens (tertiary/aromatic N) is 2. The van der Waals surface area contributed by atoms with Crippen LogP contribution in [0.5, 0.6) is 0 Å². The van der Waals surface area contributed by atoms with Crippen molar-refractivity contribution < 1.29 is 27.9 Å². The van der Waals surface area contributed by atoms with Gasteiger partial charge in [0.05, 0.1) is 12.0 Å². The van der Waals surface area contributed by atoms with Gasteiger partial charge in [-0.3, -0.25) is 0 Å². The average molecular weight is 385 g/mol. The van der Waals surface area contributed by atoms with Crippen molar-refractivity contribution in [2.75, 3.05) is 12.3 Å². The van der Waals surface area contributed by atoms with Gasteiger partial charge in [0.15, 0.2) is 12.4 Å². The van der Waals surface area contributed by atoms with Crippen LogP contribution in [-0.4, -0.2) is 28.5 Å². The lowest BCUT2D eigenvalue weighted by Gasteiger charge is -2.04. The van der Waals surface area contributed by atoms with Crippen LogP contribution in [0.15, 0.2) is 27.0 Å². The summed E-state index contributed by atoms with van der Waals surface area (Å²) in [5.41, 5.74) is 6.28. The van der Waals surface area contributed by atoms with Crippen LogP contribution < -0.4 is 5.73 Å². The molecule has 146 valence electrons. The number of furan rings is 2. The lowest BCUT2D eigenvalue weighted by atomic mass is 10.2. The van der Waals surface area contributed by atoms with Crippen LogP contribution in [0.1, 0.15) is 40.4 Å². The van der Waals surface area contributed by atoms with Gasteiger partial charge in [-0.1, -0.05) is 0 Å². The maximum absolute atomic E-state index is 12.1. The second kappa shape index (κ2) is 7.95. The summed E-state index contributed by atoms with van der Waals surface area (Å²) in [5.74, 6) is 0.614. The number of carbonyl (C=O) groups is 2. The predicted octanol–water partition coefficient (Wildman–Crippen LogP) is 2.95. The van der Waals surface area contributed by atoms with Crippen LogP contribution in [0.3, 0.4) is 0 Å². The van der Waals surface area contributed by atoms with Gasteiger partial charge in [0, 0.05) is 6.08 Å². The van der Waals surface area contributed by atoms with Crippen molar-refractivity contribution in [2.24, 2.45) is 0 Å². The zero-order chi connectivity index (χ0) is 20.3.